The van der Waals surface area contributed by atoms with Crippen LogP contribution >= 0.6 is 0 Å². The van der Waals surface area contributed by atoms with Gasteiger partial charge < -0.3 is 0 Å². The first-order valence-corrected chi connectivity index (χ1v) is 7.55. The van der Waals surface area contributed by atoms with Crippen molar-refractivity contribution in [1.29, 1.82) is 0 Å². The van der Waals surface area contributed by atoms with Gasteiger partial charge in [0, 0.05) is 12.0 Å². The zero-order valence-electron chi connectivity index (χ0n) is 13.6. The van der Waals surface area contributed by atoms with Crippen LogP contribution in [0.1, 0.15) is 37.6 Å². The largest absolute Gasteiger partial charge is 0.299 e. The van der Waals surface area contributed by atoms with Crippen LogP contribution in [0.15, 0.2) is 54.6 Å². The first-order chi connectivity index (χ1) is 10.8. The van der Waals surface area contributed by atoms with Crippen LogP contribution in [0.5, 0.6) is 0 Å². The minimum atomic E-state index is -1.24. The highest BCUT2D eigenvalue weighted by atomic mass is 16.2. The number of Topliss-reactive ketones (excluding diaryl/α,β-unsaturated/α-hetero) is 3. The number of hydrogen-bond acceptors (Lipinski definition) is 3. The lowest BCUT2D eigenvalue weighted by Gasteiger charge is -2.22. The minimum Gasteiger partial charge on any atom is -0.299 e. The van der Waals surface area contributed by atoms with Crippen molar-refractivity contribution in [3.8, 4) is 11.1 Å². The highest BCUT2D eigenvalue weighted by Crippen LogP contribution is 2.27. The van der Waals surface area contributed by atoms with E-state index in [1.807, 2.05) is 42.5 Å². The minimum absolute atomic E-state index is 0.0949. The zero-order valence-corrected chi connectivity index (χ0v) is 13.6. The number of ketones is 3. The summed E-state index contributed by atoms with van der Waals surface area (Å²) in [5, 5.41) is 0. The van der Waals surface area contributed by atoms with Gasteiger partial charge in [0.05, 0.1) is 5.41 Å². The van der Waals surface area contributed by atoms with Crippen LogP contribution in [0.2, 0.25) is 0 Å². The first kappa shape index (κ1) is 16.8. The Morgan fingerprint density at radius 3 is 1.74 bits per heavy atom. The summed E-state index contributed by atoms with van der Waals surface area (Å²) in [5.41, 5.74) is 1.36. The molecule has 3 nitrogen and oxygen atoms in total. The average Bonchev–Trinajstić information content (AvgIpc) is 2.55. The molecule has 0 aliphatic heterocycles. The molecular formula is C20H20O3. The molecule has 0 bridgehead atoms. The Morgan fingerprint density at radius 2 is 1.26 bits per heavy atom. The molecule has 0 saturated carbocycles. The lowest BCUT2D eigenvalue weighted by atomic mass is 9.77. The third kappa shape index (κ3) is 3.62. The van der Waals surface area contributed by atoms with Crippen LogP contribution in [0.4, 0.5) is 0 Å². The van der Waals surface area contributed by atoms with Crippen molar-refractivity contribution in [2.75, 3.05) is 0 Å². The van der Waals surface area contributed by atoms with Crippen molar-refractivity contribution in [2.24, 2.45) is 5.41 Å². The molecule has 23 heavy (non-hydrogen) atoms. The number of hydrogen-bond donors (Lipinski definition) is 0. The van der Waals surface area contributed by atoms with E-state index >= 15 is 0 Å². The van der Waals surface area contributed by atoms with Gasteiger partial charge in [0.25, 0.3) is 0 Å². The summed E-state index contributed by atoms with van der Waals surface area (Å²) in [6, 6.07) is 17.1. The van der Waals surface area contributed by atoms with Crippen molar-refractivity contribution in [1.82, 2.24) is 0 Å². The predicted molar refractivity (Wildman–Crippen MR) is 90.3 cm³/mol. The third-order valence-electron chi connectivity index (χ3n) is 4.38. The molecule has 0 aliphatic rings. The topological polar surface area (TPSA) is 51.2 Å². The average molecular weight is 308 g/mol. The number of benzene rings is 2. The molecule has 0 heterocycles. The molecule has 3 heteroatoms. The van der Waals surface area contributed by atoms with Crippen molar-refractivity contribution in [3.63, 3.8) is 0 Å². The van der Waals surface area contributed by atoms with Gasteiger partial charge >= 0.3 is 0 Å². The quantitative estimate of drug-likeness (QED) is 0.596. The maximum atomic E-state index is 12.4. The molecule has 0 aromatic heterocycles. The fourth-order valence-electron chi connectivity index (χ4n) is 2.40. The second kappa shape index (κ2) is 6.69. The number of carbonyl (C=O) groups excluding carboxylic acids is 3. The van der Waals surface area contributed by atoms with E-state index in [1.165, 1.54) is 20.8 Å². The Balaban J connectivity index is 2.21. The summed E-state index contributed by atoms with van der Waals surface area (Å²) >= 11 is 0. The maximum absolute atomic E-state index is 12.4. The smallest absolute Gasteiger partial charge is 0.164 e. The molecule has 0 radical (unpaired) electrons. The van der Waals surface area contributed by atoms with Gasteiger partial charge in [0.1, 0.15) is 11.6 Å². The fraction of sp³-hybridized carbons (Fsp3) is 0.250. The van der Waals surface area contributed by atoms with Crippen LogP contribution in [0.25, 0.3) is 11.1 Å². The van der Waals surface area contributed by atoms with Gasteiger partial charge in [-0.1, -0.05) is 54.6 Å². The van der Waals surface area contributed by atoms with E-state index in [-0.39, 0.29) is 23.8 Å². The Hall–Kier alpha value is -2.55. The van der Waals surface area contributed by atoms with E-state index in [4.69, 9.17) is 0 Å². The molecule has 0 aliphatic carbocycles. The monoisotopic (exact) mass is 308 g/mol. The molecule has 2 rings (SSSR count). The molecule has 2 aromatic rings. The Morgan fingerprint density at radius 1 is 0.783 bits per heavy atom. The van der Waals surface area contributed by atoms with Gasteiger partial charge in [-0.25, -0.2) is 0 Å². The lowest BCUT2D eigenvalue weighted by Crippen LogP contribution is -2.35. The fourth-order valence-corrected chi connectivity index (χ4v) is 2.40. The van der Waals surface area contributed by atoms with Crippen molar-refractivity contribution in [2.45, 2.75) is 27.2 Å². The highest BCUT2D eigenvalue weighted by molar-refractivity contribution is 6.10. The van der Waals surface area contributed by atoms with Gasteiger partial charge in [-0.2, -0.15) is 0 Å². The van der Waals surface area contributed by atoms with Crippen LogP contribution < -0.4 is 0 Å². The number of rotatable bonds is 6. The lowest BCUT2D eigenvalue weighted by molar-refractivity contribution is -0.137. The van der Waals surface area contributed by atoms with E-state index < -0.39 is 5.41 Å². The van der Waals surface area contributed by atoms with Crippen LogP contribution in [-0.2, 0) is 9.59 Å². The second-order valence-corrected chi connectivity index (χ2v) is 5.99. The SMILES string of the molecule is CC(=O)C(C)(CC(=O)c1ccc(-c2ccccc2)cc1)C(C)=O. The van der Waals surface area contributed by atoms with E-state index in [0.29, 0.717) is 5.56 Å². The Labute approximate surface area is 136 Å². The molecular weight excluding hydrogens is 288 g/mol. The van der Waals surface area contributed by atoms with Crippen LogP contribution in [-0.4, -0.2) is 17.3 Å². The van der Waals surface area contributed by atoms with E-state index in [1.54, 1.807) is 12.1 Å². The summed E-state index contributed by atoms with van der Waals surface area (Å²) < 4.78 is 0. The molecule has 2 aromatic carbocycles. The summed E-state index contributed by atoms with van der Waals surface area (Å²) in [6.45, 7) is 4.24. The van der Waals surface area contributed by atoms with Crippen LogP contribution in [0, 0.1) is 5.41 Å². The van der Waals surface area contributed by atoms with E-state index in [2.05, 4.69) is 0 Å². The van der Waals surface area contributed by atoms with Crippen LogP contribution in [0.3, 0.4) is 0 Å². The molecule has 0 atom stereocenters. The molecule has 0 amide bonds. The molecule has 118 valence electrons. The first-order valence-electron chi connectivity index (χ1n) is 7.55. The normalized spacial score (nSPS) is 11.1. The maximum Gasteiger partial charge on any atom is 0.164 e. The summed E-state index contributed by atoms with van der Waals surface area (Å²) in [5.74, 6) is -0.754. The third-order valence-corrected chi connectivity index (χ3v) is 4.38. The van der Waals surface area contributed by atoms with Crippen molar-refractivity contribution >= 4 is 17.3 Å². The predicted octanol–water partition coefficient (Wildman–Crippen LogP) is 4.11. The number of carbonyl (C=O) groups is 3. The van der Waals surface area contributed by atoms with E-state index in [0.717, 1.165) is 11.1 Å². The molecule has 0 fully saturated rings. The molecule has 0 spiro atoms. The standard InChI is InChI=1S/C20H20O3/c1-14(21)20(3,15(2)22)13-19(23)18-11-9-17(10-12-18)16-7-5-4-6-8-16/h4-12H,13H2,1-3H3. The summed E-state index contributed by atoms with van der Waals surface area (Å²) in [6.07, 6.45) is -0.0949. The molecule has 0 saturated heterocycles. The zero-order chi connectivity index (χ0) is 17.0. The Bertz CT molecular complexity index is 713. The van der Waals surface area contributed by atoms with Gasteiger partial charge in [0.2, 0.25) is 0 Å². The molecule has 0 N–H and O–H groups in total. The summed E-state index contributed by atoms with van der Waals surface area (Å²) in [4.78, 5) is 35.9. The van der Waals surface area contributed by atoms with Crippen molar-refractivity contribution < 1.29 is 14.4 Å². The van der Waals surface area contributed by atoms with Gasteiger partial charge in [-0.3, -0.25) is 14.4 Å². The highest BCUT2D eigenvalue weighted by Gasteiger charge is 2.37. The van der Waals surface area contributed by atoms with E-state index in [9.17, 15) is 14.4 Å². The van der Waals surface area contributed by atoms with Gasteiger partial charge in [-0.15, -0.1) is 0 Å². The molecule has 0 unspecified atom stereocenters. The van der Waals surface area contributed by atoms with Gasteiger partial charge in [-0.05, 0) is 31.9 Å². The second-order valence-electron chi connectivity index (χ2n) is 5.99. The van der Waals surface area contributed by atoms with Gasteiger partial charge in [0.15, 0.2) is 5.78 Å². The van der Waals surface area contributed by atoms with Crippen molar-refractivity contribution in [3.05, 3.63) is 60.2 Å². The Kier molecular flexibility index (Phi) is 4.89. The summed E-state index contributed by atoms with van der Waals surface area (Å²) in [7, 11) is 0.